The summed E-state index contributed by atoms with van der Waals surface area (Å²) in [5.74, 6) is -0.497. The fourth-order valence-electron chi connectivity index (χ4n) is 4.62. The summed E-state index contributed by atoms with van der Waals surface area (Å²) in [5.41, 5.74) is 3.34. The van der Waals surface area contributed by atoms with Crippen LogP contribution in [0.25, 0.3) is 10.9 Å². The Kier molecular flexibility index (Phi) is 6.09. The highest BCUT2D eigenvalue weighted by molar-refractivity contribution is 6.06. The van der Waals surface area contributed by atoms with E-state index in [0.717, 1.165) is 43.4 Å². The van der Waals surface area contributed by atoms with Gasteiger partial charge in [-0.2, -0.15) is 0 Å². The van der Waals surface area contributed by atoms with E-state index < -0.39 is 0 Å². The summed E-state index contributed by atoms with van der Waals surface area (Å²) in [6.07, 6.45) is 6.65. The molecule has 0 N–H and O–H groups in total. The number of hydrogen-bond acceptors (Lipinski definition) is 4. The number of nitrogens with zero attached hydrogens (tertiary/aromatic N) is 4. The van der Waals surface area contributed by atoms with Gasteiger partial charge in [-0.25, -0.2) is 4.39 Å². The van der Waals surface area contributed by atoms with Crippen molar-refractivity contribution in [1.82, 2.24) is 14.9 Å². The SMILES string of the molecule is O=C(c1cccnc1)N(c1cccc(F)c1)C1CCN(Cc2cccc3cccnc23)CC1. The molecule has 33 heavy (non-hydrogen) atoms. The van der Waals surface area contributed by atoms with Crippen molar-refractivity contribution in [3.8, 4) is 0 Å². The number of amides is 1. The molecule has 0 bridgehead atoms. The lowest BCUT2D eigenvalue weighted by atomic mass is 10.00. The largest absolute Gasteiger partial charge is 0.305 e. The Morgan fingerprint density at radius 2 is 1.79 bits per heavy atom. The van der Waals surface area contributed by atoms with E-state index in [2.05, 4.69) is 39.1 Å². The number of para-hydroxylation sites is 1. The van der Waals surface area contributed by atoms with Crippen LogP contribution in [0.3, 0.4) is 0 Å². The average Bonchev–Trinajstić information content (AvgIpc) is 2.86. The molecule has 1 aliphatic rings. The van der Waals surface area contributed by atoms with Gasteiger partial charge >= 0.3 is 0 Å². The molecule has 0 radical (unpaired) electrons. The lowest BCUT2D eigenvalue weighted by Gasteiger charge is -2.38. The first kappa shape index (κ1) is 21.2. The van der Waals surface area contributed by atoms with Crippen molar-refractivity contribution in [1.29, 1.82) is 0 Å². The van der Waals surface area contributed by atoms with E-state index in [0.29, 0.717) is 11.3 Å². The van der Waals surface area contributed by atoms with Crippen LogP contribution in [0.2, 0.25) is 0 Å². The van der Waals surface area contributed by atoms with Crippen LogP contribution < -0.4 is 4.90 Å². The minimum atomic E-state index is -0.350. The number of hydrogen-bond donors (Lipinski definition) is 0. The third-order valence-corrected chi connectivity index (χ3v) is 6.25. The number of piperidine rings is 1. The molecule has 1 aliphatic heterocycles. The van der Waals surface area contributed by atoms with Gasteiger partial charge in [-0.15, -0.1) is 0 Å². The lowest BCUT2D eigenvalue weighted by molar-refractivity contribution is 0.0958. The normalized spacial score (nSPS) is 14.9. The fraction of sp³-hybridized carbons (Fsp3) is 0.222. The predicted octanol–water partition coefficient (Wildman–Crippen LogP) is 5.08. The van der Waals surface area contributed by atoms with Crippen molar-refractivity contribution in [3.05, 3.63) is 102 Å². The maximum absolute atomic E-state index is 14.0. The molecule has 166 valence electrons. The molecular formula is C27H25FN4O. The van der Waals surface area contributed by atoms with E-state index in [1.165, 1.54) is 17.7 Å². The number of anilines is 1. The van der Waals surface area contributed by atoms with E-state index in [-0.39, 0.29) is 17.8 Å². The van der Waals surface area contributed by atoms with Gasteiger partial charge in [0.15, 0.2) is 0 Å². The Morgan fingerprint density at radius 3 is 2.58 bits per heavy atom. The van der Waals surface area contributed by atoms with Crippen molar-refractivity contribution in [2.75, 3.05) is 18.0 Å². The molecule has 1 amide bonds. The van der Waals surface area contributed by atoms with E-state index >= 15 is 0 Å². The molecule has 5 rings (SSSR count). The number of fused-ring (bicyclic) bond motifs is 1. The summed E-state index contributed by atoms with van der Waals surface area (Å²) < 4.78 is 14.0. The number of benzene rings is 2. The van der Waals surface area contributed by atoms with Gasteiger partial charge in [-0.1, -0.05) is 30.3 Å². The fourth-order valence-corrected chi connectivity index (χ4v) is 4.62. The zero-order chi connectivity index (χ0) is 22.6. The molecule has 3 heterocycles. The summed E-state index contributed by atoms with van der Waals surface area (Å²) >= 11 is 0. The smallest absolute Gasteiger partial charge is 0.260 e. The first-order valence-corrected chi connectivity index (χ1v) is 11.2. The second kappa shape index (κ2) is 9.46. The van der Waals surface area contributed by atoms with Crippen LogP contribution in [0.5, 0.6) is 0 Å². The number of likely N-dealkylation sites (tertiary alicyclic amines) is 1. The van der Waals surface area contributed by atoms with Crippen molar-refractivity contribution in [2.45, 2.75) is 25.4 Å². The zero-order valence-electron chi connectivity index (χ0n) is 18.3. The van der Waals surface area contributed by atoms with Gasteiger partial charge in [0.05, 0.1) is 11.1 Å². The number of halogens is 1. The second-order valence-electron chi connectivity index (χ2n) is 8.40. The molecule has 6 heteroatoms. The minimum absolute atomic E-state index is 0.0126. The summed E-state index contributed by atoms with van der Waals surface area (Å²) in [7, 11) is 0. The van der Waals surface area contributed by atoms with Crippen LogP contribution in [0.1, 0.15) is 28.8 Å². The molecule has 0 atom stereocenters. The molecule has 0 aliphatic carbocycles. The highest BCUT2D eigenvalue weighted by Crippen LogP contribution is 2.28. The maximum Gasteiger partial charge on any atom is 0.260 e. The van der Waals surface area contributed by atoms with Crippen LogP contribution in [0.4, 0.5) is 10.1 Å². The van der Waals surface area contributed by atoms with Gasteiger partial charge in [0.25, 0.3) is 5.91 Å². The molecular weight excluding hydrogens is 415 g/mol. The number of pyridine rings is 2. The van der Waals surface area contributed by atoms with Crippen molar-refractivity contribution in [2.24, 2.45) is 0 Å². The summed E-state index contributed by atoms with van der Waals surface area (Å²) in [6.45, 7) is 2.51. The van der Waals surface area contributed by atoms with E-state index in [1.54, 1.807) is 41.6 Å². The van der Waals surface area contributed by atoms with Gasteiger partial charge in [-0.05, 0) is 54.8 Å². The molecule has 0 saturated carbocycles. The second-order valence-corrected chi connectivity index (χ2v) is 8.40. The third-order valence-electron chi connectivity index (χ3n) is 6.25. The Bertz CT molecular complexity index is 1250. The molecule has 0 unspecified atom stereocenters. The number of rotatable bonds is 5. The Balaban J connectivity index is 1.35. The third kappa shape index (κ3) is 4.61. The average molecular weight is 441 g/mol. The minimum Gasteiger partial charge on any atom is -0.305 e. The van der Waals surface area contributed by atoms with Crippen molar-refractivity contribution in [3.63, 3.8) is 0 Å². The van der Waals surface area contributed by atoms with Crippen LogP contribution in [0, 0.1) is 5.82 Å². The zero-order valence-corrected chi connectivity index (χ0v) is 18.3. The van der Waals surface area contributed by atoms with Crippen molar-refractivity contribution >= 4 is 22.5 Å². The summed E-state index contributed by atoms with van der Waals surface area (Å²) in [4.78, 5) is 26.2. The molecule has 4 aromatic rings. The molecule has 1 saturated heterocycles. The Labute approximate surface area is 192 Å². The first-order valence-electron chi connectivity index (χ1n) is 11.2. The van der Waals surface area contributed by atoms with Crippen molar-refractivity contribution < 1.29 is 9.18 Å². The molecule has 2 aromatic heterocycles. The van der Waals surface area contributed by atoms with Gasteiger partial charge in [0.2, 0.25) is 0 Å². The highest BCUT2D eigenvalue weighted by atomic mass is 19.1. The van der Waals surface area contributed by atoms with E-state index in [9.17, 15) is 9.18 Å². The van der Waals surface area contributed by atoms with E-state index in [1.807, 2.05) is 12.3 Å². The van der Waals surface area contributed by atoms with E-state index in [4.69, 9.17) is 0 Å². The number of carbonyl (C=O) groups is 1. The van der Waals surface area contributed by atoms with Gasteiger partial charge < -0.3 is 4.90 Å². The molecule has 0 spiro atoms. The topological polar surface area (TPSA) is 49.3 Å². The summed E-state index contributed by atoms with van der Waals surface area (Å²) in [5, 5.41) is 1.14. The van der Waals surface area contributed by atoms with Crippen LogP contribution in [-0.4, -0.2) is 39.9 Å². The standard InChI is InChI=1S/C27H25FN4O/c28-23-9-2-10-25(17-23)32(27(33)21-8-3-13-29-18-21)24-11-15-31(16-12-24)19-22-6-1-5-20-7-4-14-30-26(20)22/h1-10,13-14,17-18,24H,11-12,15-16,19H2. The summed E-state index contributed by atoms with van der Waals surface area (Å²) in [6, 6.07) is 20.1. The monoisotopic (exact) mass is 440 g/mol. The van der Waals surface area contributed by atoms with Gasteiger partial charge in [-0.3, -0.25) is 19.7 Å². The molecule has 5 nitrogen and oxygen atoms in total. The van der Waals surface area contributed by atoms with Gasteiger partial charge in [0.1, 0.15) is 5.82 Å². The molecule has 2 aromatic carbocycles. The molecule has 1 fully saturated rings. The lowest BCUT2D eigenvalue weighted by Crippen LogP contribution is -2.47. The Morgan fingerprint density at radius 1 is 1.00 bits per heavy atom. The number of carbonyl (C=O) groups excluding carboxylic acids is 1. The van der Waals surface area contributed by atoms with Gasteiger partial charge in [0, 0.05) is 55.3 Å². The van der Waals surface area contributed by atoms with Crippen LogP contribution in [0.15, 0.2) is 85.3 Å². The van der Waals surface area contributed by atoms with Crippen LogP contribution in [-0.2, 0) is 6.54 Å². The highest BCUT2D eigenvalue weighted by Gasteiger charge is 2.30. The first-order chi connectivity index (χ1) is 16.2. The maximum atomic E-state index is 14.0. The number of aromatic nitrogens is 2. The predicted molar refractivity (Wildman–Crippen MR) is 127 cm³/mol. The van der Waals surface area contributed by atoms with Crippen LogP contribution >= 0.6 is 0 Å². The Hall–Kier alpha value is -3.64. The quantitative estimate of drug-likeness (QED) is 0.434.